The van der Waals surface area contributed by atoms with E-state index in [0.29, 0.717) is 0 Å². The van der Waals surface area contributed by atoms with Crippen molar-refractivity contribution in [2.24, 2.45) is 17.6 Å². The molecule has 0 radical (unpaired) electrons. The van der Waals surface area contributed by atoms with Crippen molar-refractivity contribution >= 4 is 36.3 Å². The Morgan fingerprint density at radius 2 is 1.30 bits per heavy atom. The molecule has 0 heterocycles. The van der Waals surface area contributed by atoms with Gasteiger partial charge in [0.2, 0.25) is 17.7 Å². The first-order valence-corrected chi connectivity index (χ1v) is 9.20. The molecule has 0 aromatic heterocycles. The van der Waals surface area contributed by atoms with E-state index in [2.05, 4.69) is 28.6 Å². The van der Waals surface area contributed by atoms with E-state index in [1.165, 1.54) is 0 Å². The summed E-state index contributed by atoms with van der Waals surface area (Å²) >= 11 is 3.94. The number of carboxylic acids is 1. The van der Waals surface area contributed by atoms with Crippen LogP contribution >= 0.6 is 12.6 Å². The van der Waals surface area contributed by atoms with Gasteiger partial charge in [-0.05, 0) is 11.8 Å². The summed E-state index contributed by atoms with van der Waals surface area (Å²) in [5, 5.41) is 25.2. The topological polar surface area (TPSA) is 171 Å². The lowest BCUT2D eigenvalue weighted by atomic mass is 9.99. The second kappa shape index (κ2) is 11.8. The molecule has 0 aliphatic heterocycles. The van der Waals surface area contributed by atoms with Crippen LogP contribution in [0.1, 0.15) is 27.7 Å². The van der Waals surface area contributed by atoms with Gasteiger partial charge in [-0.25, -0.2) is 4.79 Å². The average molecular weight is 407 g/mol. The number of aliphatic hydroxyl groups excluding tert-OH is 1. The van der Waals surface area contributed by atoms with Crippen LogP contribution in [0.3, 0.4) is 0 Å². The predicted molar refractivity (Wildman–Crippen MR) is 102 cm³/mol. The Kier molecular flexibility index (Phi) is 11.0. The number of amides is 3. The zero-order chi connectivity index (χ0) is 21.3. The minimum absolute atomic E-state index is 0.104. The summed E-state index contributed by atoms with van der Waals surface area (Å²) in [6.07, 6.45) is 0. The molecule has 10 nitrogen and oxygen atoms in total. The molecule has 0 spiro atoms. The van der Waals surface area contributed by atoms with Crippen molar-refractivity contribution in [2.75, 3.05) is 12.4 Å². The fourth-order valence-corrected chi connectivity index (χ4v) is 2.27. The molecule has 4 atom stereocenters. The zero-order valence-corrected chi connectivity index (χ0v) is 16.8. The summed E-state index contributed by atoms with van der Waals surface area (Å²) in [5.74, 6) is -3.85. The number of thiol groups is 1. The van der Waals surface area contributed by atoms with Gasteiger partial charge in [-0.3, -0.25) is 14.4 Å². The van der Waals surface area contributed by atoms with E-state index < -0.39 is 54.5 Å². The van der Waals surface area contributed by atoms with E-state index in [4.69, 9.17) is 15.9 Å². The number of nitrogens with two attached hydrogens (primary N) is 1. The Hall–Kier alpha value is -1.85. The van der Waals surface area contributed by atoms with Gasteiger partial charge in [-0.2, -0.15) is 12.6 Å². The lowest BCUT2D eigenvalue weighted by Crippen LogP contribution is -2.60. The number of hydrogen-bond acceptors (Lipinski definition) is 7. The molecule has 0 rings (SSSR count). The molecule has 0 fully saturated rings. The normalized spacial score (nSPS) is 15.6. The number of nitrogens with one attached hydrogen (secondary N) is 3. The van der Waals surface area contributed by atoms with Crippen LogP contribution in [0, 0.1) is 11.8 Å². The number of hydrogen-bond donors (Lipinski definition) is 7. The first kappa shape index (κ1) is 25.1. The predicted octanol–water partition coefficient (Wildman–Crippen LogP) is -1.91. The van der Waals surface area contributed by atoms with Crippen LogP contribution in [0.15, 0.2) is 0 Å². The summed E-state index contributed by atoms with van der Waals surface area (Å²) in [6.45, 7) is 5.98. The maximum atomic E-state index is 12.6. The molecule has 0 aromatic rings. The van der Waals surface area contributed by atoms with Gasteiger partial charge >= 0.3 is 5.97 Å². The molecule has 11 heteroatoms. The van der Waals surface area contributed by atoms with Gasteiger partial charge in [0, 0.05) is 5.75 Å². The third-order valence-electron chi connectivity index (χ3n) is 3.82. The largest absolute Gasteiger partial charge is 0.480 e. The molecule has 7 N–H and O–H groups in total. The number of aliphatic carboxylic acids is 1. The molecule has 0 aliphatic carbocycles. The van der Waals surface area contributed by atoms with E-state index in [0.717, 1.165) is 0 Å². The molecule has 0 aromatic carbocycles. The third-order valence-corrected chi connectivity index (χ3v) is 4.22. The van der Waals surface area contributed by atoms with Gasteiger partial charge in [0.1, 0.15) is 18.1 Å². The van der Waals surface area contributed by atoms with Crippen LogP contribution in [0.5, 0.6) is 0 Å². The highest BCUT2D eigenvalue weighted by Crippen LogP contribution is 2.07. The molecule has 27 heavy (non-hydrogen) atoms. The molecule has 0 saturated heterocycles. The Labute approximate surface area is 164 Å². The summed E-state index contributed by atoms with van der Waals surface area (Å²) in [4.78, 5) is 47.9. The maximum absolute atomic E-state index is 12.6. The molecular formula is C16H30N4O6S. The summed E-state index contributed by atoms with van der Waals surface area (Å²) in [6, 6.07) is -4.36. The molecule has 156 valence electrons. The van der Waals surface area contributed by atoms with Crippen LogP contribution in [-0.4, -0.2) is 70.4 Å². The Morgan fingerprint density at radius 3 is 1.63 bits per heavy atom. The number of carbonyl (C=O) groups excluding carboxylic acids is 3. The third kappa shape index (κ3) is 8.14. The lowest BCUT2D eigenvalue weighted by molar-refractivity contribution is -0.143. The number of carboxylic acid groups (broad SMARTS) is 1. The van der Waals surface area contributed by atoms with Gasteiger partial charge in [0.05, 0.1) is 12.6 Å². The second-order valence-corrected chi connectivity index (χ2v) is 7.20. The van der Waals surface area contributed by atoms with Gasteiger partial charge in [-0.15, -0.1) is 0 Å². The molecule has 3 amide bonds. The van der Waals surface area contributed by atoms with Crippen molar-refractivity contribution in [2.45, 2.75) is 51.9 Å². The highest BCUT2D eigenvalue weighted by atomic mass is 32.1. The van der Waals surface area contributed by atoms with E-state index in [-0.39, 0.29) is 17.6 Å². The molecule has 0 saturated carbocycles. The molecule has 4 unspecified atom stereocenters. The number of aliphatic hydroxyl groups is 1. The average Bonchev–Trinajstić information content (AvgIpc) is 2.59. The maximum Gasteiger partial charge on any atom is 0.328 e. The Morgan fingerprint density at radius 1 is 0.889 bits per heavy atom. The fourth-order valence-electron chi connectivity index (χ4n) is 2.10. The SMILES string of the molecule is CC(C)C(NC(=O)C(N)CS)C(=O)NC(C(=O)NC(CO)C(=O)O)C(C)C. The van der Waals surface area contributed by atoms with Crippen LogP contribution in [0.25, 0.3) is 0 Å². The van der Waals surface area contributed by atoms with Crippen LogP contribution in [0.4, 0.5) is 0 Å². The van der Waals surface area contributed by atoms with E-state index in [1.54, 1.807) is 27.7 Å². The van der Waals surface area contributed by atoms with Crippen molar-refractivity contribution in [3.63, 3.8) is 0 Å². The van der Waals surface area contributed by atoms with Crippen LogP contribution < -0.4 is 21.7 Å². The van der Waals surface area contributed by atoms with Crippen molar-refractivity contribution in [3.8, 4) is 0 Å². The quantitative estimate of drug-likeness (QED) is 0.196. The first-order chi connectivity index (χ1) is 12.5. The second-order valence-electron chi connectivity index (χ2n) is 6.83. The van der Waals surface area contributed by atoms with E-state index in [1.807, 2.05) is 0 Å². The molecule has 0 aliphatic rings. The number of carbonyl (C=O) groups is 4. The van der Waals surface area contributed by atoms with Crippen molar-refractivity contribution < 1.29 is 29.4 Å². The van der Waals surface area contributed by atoms with Gasteiger partial charge in [0.15, 0.2) is 0 Å². The fraction of sp³-hybridized carbons (Fsp3) is 0.750. The van der Waals surface area contributed by atoms with Crippen LogP contribution in [0.2, 0.25) is 0 Å². The summed E-state index contributed by atoms with van der Waals surface area (Å²) in [7, 11) is 0. The summed E-state index contributed by atoms with van der Waals surface area (Å²) < 4.78 is 0. The van der Waals surface area contributed by atoms with Gasteiger partial charge < -0.3 is 31.9 Å². The highest BCUT2D eigenvalue weighted by Gasteiger charge is 2.32. The Balaban J connectivity index is 5.24. The molecular weight excluding hydrogens is 376 g/mol. The van der Waals surface area contributed by atoms with Crippen LogP contribution in [-0.2, 0) is 19.2 Å². The smallest absolute Gasteiger partial charge is 0.328 e. The van der Waals surface area contributed by atoms with E-state index >= 15 is 0 Å². The monoisotopic (exact) mass is 406 g/mol. The minimum atomic E-state index is -1.48. The summed E-state index contributed by atoms with van der Waals surface area (Å²) in [5.41, 5.74) is 5.60. The minimum Gasteiger partial charge on any atom is -0.480 e. The number of rotatable bonds is 11. The standard InChI is InChI=1S/C16H30N4O6S/c1-7(2)11(14(23)18-10(5-21)16(25)26)20-15(24)12(8(3)4)19-13(22)9(17)6-27/h7-12,21,27H,5-6,17H2,1-4H3,(H,18,23)(H,19,22)(H,20,24)(H,25,26). The van der Waals surface area contributed by atoms with Crippen molar-refractivity contribution in [1.29, 1.82) is 0 Å². The zero-order valence-electron chi connectivity index (χ0n) is 15.9. The van der Waals surface area contributed by atoms with Crippen molar-refractivity contribution in [1.82, 2.24) is 16.0 Å². The Bertz CT molecular complexity index is 543. The highest BCUT2D eigenvalue weighted by molar-refractivity contribution is 7.80. The van der Waals surface area contributed by atoms with Crippen molar-refractivity contribution in [3.05, 3.63) is 0 Å². The van der Waals surface area contributed by atoms with Gasteiger partial charge in [-0.1, -0.05) is 27.7 Å². The first-order valence-electron chi connectivity index (χ1n) is 8.57. The van der Waals surface area contributed by atoms with Gasteiger partial charge in [0.25, 0.3) is 0 Å². The van der Waals surface area contributed by atoms with E-state index in [9.17, 15) is 19.2 Å². The molecule has 0 bridgehead atoms. The lowest BCUT2D eigenvalue weighted by Gasteiger charge is -2.28.